The zero-order valence-electron chi connectivity index (χ0n) is 13.2. The summed E-state index contributed by atoms with van der Waals surface area (Å²) in [6.45, 7) is 1.73. The molecule has 1 aliphatic carbocycles. The monoisotopic (exact) mass is 365 g/mol. The highest BCUT2D eigenvalue weighted by atomic mass is 32.1. The smallest absolute Gasteiger partial charge is 0.349 e. The fourth-order valence-corrected chi connectivity index (χ4v) is 3.68. The fraction of sp³-hybridized carbons (Fsp3) is 0.294. The Labute approximate surface area is 145 Å². The van der Waals surface area contributed by atoms with Gasteiger partial charge in [-0.25, -0.2) is 4.98 Å². The average molecular weight is 365 g/mol. The number of halogens is 3. The lowest BCUT2D eigenvalue weighted by Crippen LogP contribution is -2.24. The van der Waals surface area contributed by atoms with Crippen molar-refractivity contribution in [1.82, 2.24) is 14.9 Å². The fourth-order valence-electron chi connectivity index (χ4n) is 2.70. The van der Waals surface area contributed by atoms with Gasteiger partial charge in [-0.05, 0) is 50.1 Å². The zero-order valence-corrected chi connectivity index (χ0v) is 14.0. The highest BCUT2D eigenvalue weighted by Gasteiger charge is 2.31. The maximum Gasteiger partial charge on any atom is 0.416 e. The van der Waals surface area contributed by atoms with Gasteiger partial charge in [-0.3, -0.25) is 9.36 Å². The van der Waals surface area contributed by atoms with E-state index in [-0.39, 0.29) is 11.9 Å². The molecule has 1 aromatic carbocycles. The molecule has 1 N–H and O–H groups in total. The average Bonchev–Trinajstić information content (AvgIpc) is 3.10. The van der Waals surface area contributed by atoms with E-state index >= 15 is 0 Å². The number of hydrogen-bond acceptors (Lipinski definition) is 3. The van der Waals surface area contributed by atoms with Gasteiger partial charge in [0.25, 0.3) is 5.91 Å². The molecule has 1 amide bonds. The first-order valence-electron chi connectivity index (χ1n) is 7.80. The molecule has 130 valence electrons. The van der Waals surface area contributed by atoms with E-state index in [1.807, 2.05) is 0 Å². The van der Waals surface area contributed by atoms with Crippen LogP contribution >= 0.6 is 11.3 Å². The lowest BCUT2D eigenvalue weighted by Gasteiger charge is -2.08. The summed E-state index contributed by atoms with van der Waals surface area (Å²) < 4.78 is 40.7. The van der Waals surface area contributed by atoms with Gasteiger partial charge in [-0.15, -0.1) is 11.3 Å². The normalized spacial score (nSPS) is 14.9. The number of rotatable bonds is 3. The van der Waals surface area contributed by atoms with Crippen LogP contribution in [0.1, 0.15) is 33.9 Å². The summed E-state index contributed by atoms with van der Waals surface area (Å²) >= 11 is 1.24. The van der Waals surface area contributed by atoms with Gasteiger partial charge in [0.05, 0.1) is 21.5 Å². The van der Waals surface area contributed by atoms with E-state index in [0.717, 1.165) is 25.0 Å². The van der Waals surface area contributed by atoms with E-state index in [1.165, 1.54) is 17.4 Å². The number of carbonyl (C=O) groups excluding carboxylic acids is 1. The van der Waals surface area contributed by atoms with E-state index in [4.69, 9.17) is 0 Å². The van der Waals surface area contributed by atoms with Crippen molar-refractivity contribution in [1.29, 1.82) is 0 Å². The molecule has 3 aromatic rings. The van der Waals surface area contributed by atoms with Gasteiger partial charge in [0.15, 0.2) is 0 Å². The second kappa shape index (κ2) is 5.59. The van der Waals surface area contributed by atoms with E-state index in [0.29, 0.717) is 26.7 Å². The third kappa shape index (κ3) is 3.02. The van der Waals surface area contributed by atoms with Gasteiger partial charge < -0.3 is 5.32 Å². The Kier molecular flexibility index (Phi) is 3.61. The number of fused-ring (bicyclic) bond motifs is 1. The van der Waals surface area contributed by atoms with E-state index in [2.05, 4.69) is 10.3 Å². The van der Waals surface area contributed by atoms with Crippen LogP contribution in [0.3, 0.4) is 0 Å². The minimum atomic E-state index is -4.41. The Morgan fingerprint density at radius 1 is 1.28 bits per heavy atom. The van der Waals surface area contributed by atoms with E-state index < -0.39 is 11.7 Å². The van der Waals surface area contributed by atoms with Crippen LogP contribution in [0.5, 0.6) is 0 Å². The van der Waals surface area contributed by atoms with Crippen LogP contribution in [0, 0.1) is 6.92 Å². The molecule has 0 atom stereocenters. The minimum Gasteiger partial charge on any atom is -0.349 e. The largest absolute Gasteiger partial charge is 0.416 e. The van der Waals surface area contributed by atoms with E-state index in [9.17, 15) is 18.0 Å². The summed E-state index contributed by atoms with van der Waals surface area (Å²) in [4.78, 5) is 17.0. The Morgan fingerprint density at radius 2 is 2.04 bits per heavy atom. The van der Waals surface area contributed by atoms with Crippen molar-refractivity contribution in [2.45, 2.75) is 32.0 Å². The molecular formula is C17H14F3N3OS. The Morgan fingerprint density at radius 3 is 2.72 bits per heavy atom. The summed E-state index contributed by atoms with van der Waals surface area (Å²) in [7, 11) is 0. The molecule has 0 saturated heterocycles. The molecule has 2 heterocycles. The molecule has 25 heavy (non-hydrogen) atoms. The predicted molar refractivity (Wildman–Crippen MR) is 89.2 cm³/mol. The van der Waals surface area contributed by atoms with Crippen LogP contribution in [0.15, 0.2) is 30.3 Å². The highest BCUT2D eigenvalue weighted by Crippen LogP contribution is 2.33. The van der Waals surface area contributed by atoms with Crippen molar-refractivity contribution in [2.24, 2.45) is 0 Å². The summed E-state index contributed by atoms with van der Waals surface area (Å²) in [5.41, 5.74) is 0.149. The Bertz CT molecular complexity index is 969. The van der Waals surface area contributed by atoms with Crippen molar-refractivity contribution in [3.05, 3.63) is 46.6 Å². The molecule has 0 aliphatic heterocycles. The van der Waals surface area contributed by atoms with Crippen molar-refractivity contribution < 1.29 is 18.0 Å². The Balaban J connectivity index is 1.76. The third-order valence-electron chi connectivity index (χ3n) is 4.10. The van der Waals surface area contributed by atoms with Gasteiger partial charge in [0.2, 0.25) is 0 Å². The van der Waals surface area contributed by atoms with Gasteiger partial charge in [-0.2, -0.15) is 13.2 Å². The molecule has 1 fully saturated rings. The van der Waals surface area contributed by atoms with Crippen LogP contribution < -0.4 is 5.32 Å². The first kappa shape index (κ1) is 16.1. The van der Waals surface area contributed by atoms with Gasteiger partial charge in [0.1, 0.15) is 10.8 Å². The van der Waals surface area contributed by atoms with Crippen LogP contribution in [0.25, 0.3) is 16.0 Å². The number of nitrogens with one attached hydrogen (secondary N) is 1. The third-order valence-corrected chi connectivity index (χ3v) is 5.17. The number of imidazole rings is 1. The predicted octanol–water partition coefficient (Wildman–Crippen LogP) is 4.31. The molecule has 8 heteroatoms. The highest BCUT2D eigenvalue weighted by molar-refractivity contribution is 7.16. The molecule has 4 nitrogen and oxygen atoms in total. The number of thiophene rings is 1. The molecule has 0 bridgehead atoms. The van der Waals surface area contributed by atoms with Crippen molar-refractivity contribution in [3.63, 3.8) is 0 Å². The topological polar surface area (TPSA) is 46.9 Å². The number of amides is 1. The first-order chi connectivity index (χ1) is 11.8. The standard InChI is InChI=1S/C17H14F3N3OS/c1-9-21-12-5-2-10(17(18,19)20)8-13(12)23(9)15-7-6-14(25-15)16(24)22-11-3-4-11/h2,5-8,11H,3-4H2,1H3,(H,22,24). The minimum absolute atomic E-state index is 0.142. The molecule has 2 aromatic heterocycles. The molecule has 0 unspecified atom stereocenters. The molecule has 1 aliphatic rings. The summed E-state index contributed by atoms with van der Waals surface area (Å²) in [5, 5.41) is 3.57. The zero-order chi connectivity index (χ0) is 17.8. The quantitative estimate of drug-likeness (QED) is 0.752. The van der Waals surface area contributed by atoms with E-state index in [1.54, 1.807) is 23.6 Å². The molecule has 1 saturated carbocycles. The second-order valence-corrected chi connectivity index (χ2v) is 7.14. The number of alkyl halides is 3. The van der Waals surface area contributed by atoms with Crippen LogP contribution in [0.4, 0.5) is 13.2 Å². The number of benzene rings is 1. The maximum absolute atomic E-state index is 13.0. The van der Waals surface area contributed by atoms with Crippen LogP contribution in [0.2, 0.25) is 0 Å². The summed E-state index contributed by atoms with van der Waals surface area (Å²) in [6, 6.07) is 7.18. The lowest BCUT2D eigenvalue weighted by molar-refractivity contribution is -0.137. The molecule has 4 rings (SSSR count). The molecular weight excluding hydrogens is 351 g/mol. The van der Waals surface area contributed by atoms with Gasteiger partial charge in [0, 0.05) is 6.04 Å². The summed E-state index contributed by atoms with van der Waals surface area (Å²) in [5.74, 6) is 0.433. The van der Waals surface area contributed by atoms with Gasteiger partial charge in [-0.1, -0.05) is 0 Å². The van der Waals surface area contributed by atoms with Crippen molar-refractivity contribution in [2.75, 3.05) is 0 Å². The summed E-state index contributed by atoms with van der Waals surface area (Å²) in [6.07, 6.45) is -2.42. The SMILES string of the molecule is Cc1nc2ccc(C(F)(F)F)cc2n1-c1ccc(C(=O)NC2CC2)s1. The number of nitrogens with zero attached hydrogens (tertiary/aromatic N) is 2. The molecule has 0 radical (unpaired) electrons. The Hall–Kier alpha value is -2.35. The first-order valence-corrected chi connectivity index (χ1v) is 8.62. The van der Waals surface area contributed by atoms with Crippen LogP contribution in [-0.2, 0) is 6.18 Å². The van der Waals surface area contributed by atoms with Gasteiger partial charge >= 0.3 is 6.18 Å². The van der Waals surface area contributed by atoms with Crippen molar-refractivity contribution >= 4 is 28.3 Å². The second-order valence-electron chi connectivity index (χ2n) is 6.08. The number of carbonyl (C=O) groups is 1. The maximum atomic E-state index is 13.0. The lowest BCUT2D eigenvalue weighted by atomic mass is 10.2. The number of aromatic nitrogens is 2. The number of aryl methyl sites for hydroxylation is 1. The number of hydrogen-bond donors (Lipinski definition) is 1. The molecule has 0 spiro atoms. The van der Waals surface area contributed by atoms with Crippen LogP contribution in [-0.4, -0.2) is 21.5 Å². The van der Waals surface area contributed by atoms with Crippen molar-refractivity contribution in [3.8, 4) is 5.00 Å².